The zero-order valence-corrected chi connectivity index (χ0v) is 31.9. The fourth-order valence-electron chi connectivity index (χ4n) is 6.71. The van der Waals surface area contributed by atoms with E-state index in [9.17, 15) is 38.4 Å². The van der Waals surface area contributed by atoms with Crippen molar-refractivity contribution in [3.8, 4) is 34.5 Å². The molecule has 0 N–H and O–H groups in total. The maximum absolute atomic E-state index is 12.0. The number of hydrogen-bond donors (Lipinski definition) is 0. The van der Waals surface area contributed by atoms with Gasteiger partial charge >= 0.3 is 0 Å². The standard InChI is InChI=1S/C12H10O6.C11H10O4.C10H6O4.C8H4O2S/c1-15-12(16-2)7-4-9-8(17-5-18-9)3-6(7)10(13)11(12)14;1-14-9-4-6-3-8(12)11(13)7(6)5-10(9)15-2;11-7-1-5-2-8-9(14-4-13-8)3-6(5)10(7)12;9-7-5-3-1-2-4-6(5)11-8(7)10/h3-4H,5H2,1-2H3;4-5H,3H2,1-2H3;2-3H,1,4H2;1-4H. The summed E-state index contributed by atoms with van der Waals surface area (Å²) in [5.41, 5.74) is 3.46. The molecule has 17 heteroatoms. The van der Waals surface area contributed by atoms with E-state index in [2.05, 4.69) is 0 Å². The topological polar surface area (TPSA) is 210 Å². The Labute approximate surface area is 332 Å². The van der Waals surface area contributed by atoms with Gasteiger partial charge in [-0.05, 0) is 71.4 Å². The number of thioether (sulfide) groups is 1. The fourth-order valence-corrected chi connectivity index (χ4v) is 7.53. The van der Waals surface area contributed by atoms with Gasteiger partial charge in [0.25, 0.3) is 16.7 Å². The van der Waals surface area contributed by atoms with E-state index in [0.717, 1.165) is 22.2 Å². The third-order valence-corrected chi connectivity index (χ3v) is 10.6. The van der Waals surface area contributed by atoms with E-state index in [1.807, 2.05) is 6.07 Å². The summed E-state index contributed by atoms with van der Waals surface area (Å²) in [5, 5.41) is -0.369. The summed E-state index contributed by atoms with van der Waals surface area (Å²) in [7, 11) is 5.64. The first-order valence-electron chi connectivity index (χ1n) is 17.2. The molecular weight excluding hydrogens is 781 g/mol. The van der Waals surface area contributed by atoms with E-state index in [1.165, 1.54) is 34.5 Å². The maximum atomic E-state index is 12.0. The zero-order chi connectivity index (χ0) is 41.5. The molecule has 10 rings (SSSR count). The summed E-state index contributed by atoms with van der Waals surface area (Å²) < 4.78 is 41.1. The smallest absolute Gasteiger partial charge is 0.267 e. The molecule has 3 aliphatic heterocycles. The van der Waals surface area contributed by atoms with Crippen molar-refractivity contribution in [3.63, 3.8) is 0 Å². The van der Waals surface area contributed by atoms with Crippen LogP contribution in [0.3, 0.4) is 0 Å². The summed E-state index contributed by atoms with van der Waals surface area (Å²) in [5.74, 6) is -1.94. The monoisotopic (exact) mass is 810 g/mol. The Morgan fingerprint density at radius 3 is 1.60 bits per heavy atom. The molecule has 0 aromatic heterocycles. The Bertz CT molecular complexity index is 2500. The Morgan fingerprint density at radius 2 is 1.03 bits per heavy atom. The normalized spacial score (nSPS) is 16.7. The van der Waals surface area contributed by atoms with Crippen molar-refractivity contribution >= 4 is 57.4 Å². The van der Waals surface area contributed by atoms with Gasteiger partial charge in [0.15, 0.2) is 34.5 Å². The van der Waals surface area contributed by atoms with Gasteiger partial charge in [0, 0.05) is 59.8 Å². The SMILES string of the molecule is COC1(OC)C(=O)C(=O)c2cc3c(cc21)OCO3.COc1cc2c(cc1OC)C(=O)C(=O)C2.O=C1Cc2cc3c(cc2C1=O)OCO3.O=C1Sc2ccccc2C1=O. The highest BCUT2D eigenvalue weighted by molar-refractivity contribution is 8.16. The Hall–Kier alpha value is -6.69. The predicted octanol–water partition coefficient (Wildman–Crippen LogP) is 3.86. The lowest BCUT2D eigenvalue weighted by Gasteiger charge is -2.24. The number of Topliss-reactive ketones (excluding diaryl/α,β-unsaturated/α-hetero) is 7. The van der Waals surface area contributed by atoms with Crippen molar-refractivity contribution in [1.82, 2.24) is 0 Å². The molecule has 0 saturated carbocycles. The number of hydrogen-bond acceptors (Lipinski definition) is 17. The first kappa shape index (κ1) is 39.5. The first-order valence-corrected chi connectivity index (χ1v) is 18.0. The average molecular weight is 811 g/mol. The van der Waals surface area contributed by atoms with Crippen molar-refractivity contribution in [2.45, 2.75) is 23.5 Å². The second-order valence-electron chi connectivity index (χ2n) is 12.7. The molecule has 0 atom stereocenters. The lowest BCUT2D eigenvalue weighted by molar-refractivity contribution is -0.206. The minimum Gasteiger partial charge on any atom is -0.493 e. The Kier molecular flexibility index (Phi) is 10.7. The van der Waals surface area contributed by atoms with E-state index >= 15 is 0 Å². The van der Waals surface area contributed by atoms with Gasteiger partial charge in [0.2, 0.25) is 48.3 Å². The van der Waals surface area contributed by atoms with Crippen LogP contribution >= 0.6 is 11.8 Å². The van der Waals surface area contributed by atoms with Gasteiger partial charge in [0.1, 0.15) is 0 Å². The molecule has 58 heavy (non-hydrogen) atoms. The molecule has 4 aromatic carbocycles. The summed E-state index contributed by atoms with van der Waals surface area (Å²) >= 11 is 1.01. The van der Waals surface area contributed by atoms with Crippen LogP contribution < -0.4 is 28.4 Å². The highest BCUT2D eigenvalue weighted by Crippen LogP contribution is 2.45. The van der Waals surface area contributed by atoms with Gasteiger partial charge in [-0.25, -0.2) is 0 Å². The fraction of sp³-hybridized carbons (Fsp3) is 0.220. The number of carbonyl (C=O) groups is 8. The van der Waals surface area contributed by atoms with Crippen LogP contribution in [0.1, 0.15) is 58.1 Å². The molecule has 0 bridgehead atoms. The minimum absolute atomic E-state index is 0.0906. The van der Waals surface area contributed by atoms with Crippen LogP contribution in [0.15, 0.2) is 65.6 Å². The molecule has 3 heterocycles. The molecule has 0 spiro atoms. The average Bonchev–Trinajstić information content (AvgIpc) is 4.08. The molecule has 3 aliphatic carbocycles. The highest BCUT2D eigenvalue weighted by Gasteiger charge is 2.54. The highest BCUT2D eigenvalue weighted by atomic mass is 32.2. The largest absolute Gasteiger partial charge is 0.493 e. The third-order valence-electron chi connectivity index (χ3n) is 9.62. The second kappa shape index (κ2) is 15.7. The van der Waals surface area contributed by atoms with Gasteiger partial charge in [-0.2, -0.15) is 0 Å². The van der Waals surface area contributed by atoms with E-state index in [-0.39, 0.29) is 54.5 Å². The molecular formula is C41H30O16S. The number of ether oxygens (including phenoxy) is 8. The van der Waals surface area contributed by atoms with Crippen molar-refractivity contribution in [3.05, 3.63) is 99.6 Å². The molecule has 0 saturated heterocycles. The molecule has 16 nitrogen and oxygen atoms in total. The van der Waals surface area contributed by atoms with E-state index in [1.54, 1.807) is 48.5 Å². The van der Waals surface area contributed by atoms with Gasteiger partial charge in [-0.1, -0.05) is 12.1 Å². The summed E-state index contributed by atoms with van der Waals surface area (Å²) in [6.45, 7) is 0.272. The van der Waals surface area contributed by atoms with E-state index in [0.29, 0.717) is 62.3 Å². The molecule has 6 aliphatic rings. The van der Waals surface area contributed by atoms with Crippen LogP contribution in [0.2, 0.25) is 0 Å². The predicted molar refractivity (Wildman–Crippen MR) is 197 cm³/mol. The van der Waals surface area contributed by atoms with Crippen LogP contribution in [-0.4, -0.2) is 87.6 Å². The molecule has 0 radical (unpaired) electrons. The number of methoxy groups -OCH3 is 4. The number of rotatable bonds is 4. The van der Waals surface area contributed by atoms with Gasteiger partial charge < -0.3 is 37.9 Å². The third kappa shape index (κ3) is 6.78. The summed E-state index contributed by atoms with van der Waals surface area (Å²) in [6.07, 6.45) is 0.347. The Balaban J connectivity index is 0.000000119. The van der Waals surface area contributed by atoms with Crippen molar-refractivity contribution in [1.29, 1.82) is 0 Å². The van der Waals surface area contributed by atoms with Crippen molar-refractivity contribution in [2.24, 2.45) is 0 Å². The lowest BCUT2D eigenvalue weighted by atomic mass is 10.1. The number of benzene rings is 4. The quantitative estimate of drug-likeness (QED) is 0.212. The zero-order valence-electron chi connectivity index (χ0n) is 31.0. The second-order valence-corrected chi connectivity index (χ2v) is 13.7. The molecule has 0 unspecified atom stereocenters. The van der Waals surface area contributed by atoms with Crippen LogP contribution in [0.5, 0.6) is 34.5 Å². The number of ketones is 7. The molecule has 4 aromatic rings. The number of carbonyl (C=O) groups excluding carboxylic acids is 8. The number of fused-ring (bicyclic) bond motifs is 6. The molecule has 0 amide bonds. The van der Waals surface area contributed by atoms with Gasteiger partial charge in [-0.15, -0.1) is 0 Å². The molecule has 296 valence electrons. The van der Waals surface area contributed by atoms with Crippen LogP contribution in [-0.2, 0) is 47.3 Å². The minimum atomic E-state index is -1.67. The Morgan fingerprint density at radius 1 is 0.534 bits per heavy atom. The van der Waals surface area contributed by atoms with Crippen LogP contribution in [0.4, 0.5) is 0 Å². The maximum Gasteiger partial charge on any atom is 0.267 e. The van der Waals surface area contributed by atoms with E-state index < -0.39 is 28.9 Å². The van der Waals surface area contributed by atoms with Crippen molar-refractivity contribution < 1.29 is 76.3 Å². The lowest BCUT2D eigenvalue weighted by Crippen LogP contribution is -2.37. The summed E-state index contributed by atoms with van der Waals surface area (Å²) in [6, 6.07) is 16.6. The van der Waals surface area contributed by atoms with Crippen molar-refractivity contribution in [2.75, 3.05) is 42.0 Å². The first-order chi connectivity index (χ1) is 27.8. The van der Waals surface area contributed by atoms with Gasteiger partial charge in [-0.3, -0.25) is 38.4 Å². The molecule has 0 fully saturated rings. The van der Waals surface area contributed by atoms with Gasteiger partial charge in [0.05, 0.1) is 14.2 Å². The van der Waals surface area contributed by atoms with Crippen LogP contribution in [0.25, 0.3) is 0 Å². The van der Waals surface area contributed by atoms with E-state index in [4.69, 9.17) is 37.9 Å². The van der Waals surface area contributed by atoms with Crippen LogP contribution in [0, 0.1) is 0 Å². The summed E-state index contributed by atoms with van der Waals surface area (Å²) in [4.78, 5) is 91.7.